The molecule has 0 aromatic carbocycles. The lowest BCUT2D eigenvalue weighted by Gasteiger charge is -2.38. The van der Waals surface area contributed by atoms with E-state index in [9.17, 15) is 9.59 Å². The topological polar surface area (TPSA) is 79.1 Å². The van der Waals surface area contributed by atoms with Crippen LogP contribution in [0, 0.1) is 5.92 Å². The first-order valence-corrected chi connectivity index (χ1v) is 10.3. The Labute approximate surface area is 156 Å². The van der Waals surface area contributed by atoms with Crippen molar-refractivity contribution in [1.82, 2.24) is 14.7 Å². The summed E-state index contributed by atoms with van der Waals surface area (Å²) in [7, 11) is 0. The Balaban J connectivity index is 1.41. The second-order valence-electron chi connectivity index (χ2n) is 7.87. The van der Waals surface area contributed by atoms with Gasteiger partial charge >= 0.3 is 0 Å². The number of nitrogens with two attached hydrogens (primary N) is 1. The van der Waals surface area contributed by atoms with Crippen molar-refractivity contribution in [2.24, 2.45) is 11.7 Å². The summed E-state index contributed by atoms with van der Waals surface area (Å²) in [5, 5.41) is 0. The highest BCUT2D eigenvalue weighted by Crippen LogP contribution is 2.19. The number of nitrogens with zero attached hydrogens (tertiary/aromatic N) is 3. The molecule has 7 nitrogen and oxygen atoms in total. The van der Waals surface area contributed by atoms with Crippen LogP contribution in [0.3, 0.4) is 0 Å². The first-order chi connectivity index (χ1) is 12.6. The van der Waals surface area contributed by atoms with E-state index in [0.717, 1.165) is 51.9 Å². The van der Waals surface area contributed by atoms with E-state index >= 15 is 0 Å². The molecule has 148 valence electrons. The maximum absolute atomic E-state index is 12.7. The van der Waals surface area contributed by atoms with Crippen LogP contribution in [0.1, 0.15) is 38.5 Å². The molecule has 0 saturated carbocycles. The van der Waals surface area contributed by atoms with Gasteiger partial charge in [-0.1, -0.05) is 12.8 Å². The van der Waals surface area contributed by atoms with Crippen LogP contribution in [0.25, 0.3) is 0 Å². The molecule has 1 unspecified atom stereocenters. The number of piperazine rings is 1. The van der Waals surface area contributed by atoms with Gasteiger partial charge in [0, 0.05) is 52.5 Å². The number of hydrogen-bond acceptors (Lipinski definition) is 5. The molecule has 0 aromatic heterocycles. The van der Waals surface area contributed by atoms with Crippen molar-refractivity contribution in [2.45, 2.75) is 44.6 Å². The van der Waals surface area contributed by atoms with Gasteiger partial charge in [-0.25, -0.2) is 0 Å². The standard InChI is InChI=1S/C19H34N4O3/c20-18(16-5-13-26-14-6-16)19(25)23-11-9-21(10-12-23)15-17(24)22-7-3-1-2-4-8-22/h16,18H,1-15,20H2. The molecule has 3 aliphatic rings. The summed E-state index contributed by atoms with van der Waals surface area (Å²) in [6, 6.07) is -0.413. The van der Waals surface area contributed by atoms with Crippen LogP contribution in [0.2, 0.25) is 0 Å². The predicted molar refractivity (Wildman–Crippen MR) is 99.6 cm³/mol. The zero-order valence-corrected chi connectivity index (χ0v) is 15.9. The highest BCUT2D eigenvalue weighted by atomic mass is 16.5. The lowest BCUT2D eigenvalue weighted by molar-refractivity contribution is -0.137. The third-order valence-corrected chi connectivity index (χ3v) is 6.06. The Morgan fingerprint density at radius 1 is 0.885 bits per heavy atom. The number of likely N-dealkylation sites (tertiary alicyclic amines) is 1. The largest absolute Gasteiger partial charge is 0.381 e. The van der Waals surface area contributed by atoms with Gasteiger partial charge in [0.15, 0.2) is 0 Å². The fourth-order valence-electron chi connectivity index (χ4n) is 4.23. The third kappa shape index (κ3) is 5.18. The molecule has 3 aliphatic heterocycles. The van der Waals surface area contributed by atoms with Crippen LogP contribution in [0.4, 0.5) is 0 Å². The molecular formula is C19H34N4O3. The van der Waals surface area contributed by atoms with E-state index in [0.29, 0.717) is 32.8 Å². The molecular weight excluding hydrogens is 332 g/mol. The normalized spacial score (nSPS) is 25.0. The Bertz CT molecular complexity index is 465. The van der Waals surface area contributed by atoms with Gasteiger partial charge in [0.1, 0.15) is 0 Å². The highest BCUT2D eigenvalue weighted by Gasteiger charge is 2.32. The van der Waals surface area contributed by atoms with E-state index in [1.54, 1.807) is 0 Å². The first kappa shape index (κ1) is 19.6. The van der Waals surface area contributed by atoms with Crippen LogP contribution < -0.4 is 5.73 Å². The van der Waals surface area contributed by atoms with Crippen molar-refractivity contribution < 1.29 is 14.3 Å². The fraction of sp³-hybridized carbons (Fsp3) is 0.895. The van der Waals surface area contributed by atoms with Crippen molar-refractivity contribution >= 4 is 11.8 Å². The quantitative estimate of drug-likeness (QED) is 0.774. The summed E-state index contributed by atoms with van der Waals surface area (Å²) in [5.74, 6) is 0.542. The molecule has 3 rings (SSSR count). The zero-order chi connectivity index (χ0) is 18.4. The Morgan fingerprint density at radius 3 is 2.12 bits per heavy atom. The summed E-state index contributed by atoms with van der Waals surface area (Å²) in [6.07, 6.45) is 6.46. The Morgan fingerprint density at radius 2 is 1.50 bits per heavy atom. The van der Waals surface area contributed by atoms with Gasteiger partial charge in [-0.2, -0.15) is 0 Å². The van der Waals surface area contributed by atoms with Gasteiger partial charge in [0.2, 0.25) is 11.8 Å². The lowest BCUT2D eigenvalue weighted by atomic mass is 9.91. The monoisotopic (exact) mass is 366 g/mol. The van der Waals surface area contributed by atoms with Crippen molar-refractivity contribution in [3.05, 3.63) is 0 Å². The Kier molecular flexibility index (Phi) is 7.28. The molecule has 0 aliphatic carbocycles. The van der Waals surface area contributed by atoms with Crippen LogP contribution in [-0.4, -0.2) is 91.6 Å². The summed E-state index contributed by atoms with van der Waals surface area (Å²) in [6.45, 7) is 6.54. The summed E-state index contributed by atoms with van der Waals surface area (Å²) in [5.41, 5.74) is 6.23. The molecule has 0 radical (unpaired) electrons. The summed E-state index contributed by atoms with van der Waals surface area (Å²) < 4.78 is 5.36. The predicted octanol–water partition coefficient (Wildman–Crippen LogP) is 0.287. The molecule has 2 N–H and O–H groups in total. The van der Waals surface area contributed by atoms with E-state index in [1.807, 2.05) is 9.80 Å². The second kappa shape index (κ2) is 9.67. The minimum Gasteiger partial charge on any atom is -0.381 e. The SMILES string of the molecule is NC(C(=O)N1CCN(CC(=O)N2CCCCCC2)CC1)C1CCOCC1. The van der Waals surface area contributed by atoms with E-state index in [2.05, 4.69) is 4.90 Å². The Hall–Kier alpha value is -1.18. The van der Waals surface area contributed by atoms with Gasteiger partial charge in [-0.3, -0.25) is 14.5 Å². The van der Waals surface area contributed by atoms with Gasteiger partial charge in [0.05, 0.1) is 12.6 Å². The minimum atomic E-state index is -0.413. The van der Waals surface area contributed by atoms with Crippen molar-refractivity contribution in [2.75, 3.05) is 59.0 Å². The number of amides is 2. The van der Waals surface area contributed by atoms with E-state index in [1.165, 1.54) is 12.8 Å². The van der Waals surface area contributed by atoms with Crippen molar-refractivity contribution in [3.8, 4) is 0 Å². The molecule has 0 bridgehead atoms. The van der Waals surface area contributed by atoms with Gasteiger partial charge < -0.3 is 20.3 Å². The van der Waals surface area contributed by atoms with Crippen LogP contribution in [0.15, 0.2) is 0 Å². The molecule has 2 amide bonds. The molecule has 7 heteroatoms. The smallest absolute Gasteiger partial charge is 0.239 e. The van der Waals surface area contributed by atoms with Gasteiger partial charge in [-0.15, -0.1) is 0 Å². The molecule has 3 heterocycles. The highest BCUT2D eigenvalue weighted by molar-refractivity contribution is 5.82. The number of hydrogen-bond donors (Lipinski definition) is 1. The molecule has 1 atom stereocenters. The van der Waals surface area contributed by atoms with Gasteiger partial charge in [0.25, 0.3) is 0 Å². The molecule has 3 fully saturated rings. The lowest BCUT2D eigenvalue weighted by Crippen LogP contribution is -2.56. The second-order valence-corrected chi connectivity index (χ2v) is 7.87. The summed E-state index contributed by atoms with van der Waals surface area (Å²) >= 11 is 0. The minimum absolute atomic E-state index is 0.0652. The number of rotatable bonds is 4. The van der Waals surface area contributed by atoms with E-state index in [-0.39, 0.29) is 17.7 Å². The number of ether oxygens (including phenoxy) is 1. The van der Waals surface area contributed by atoms with Crippen LogP contribution in [0.5, 0.6) is 0 Å². The van der Waals surface area contributed by atoms with Crippen molar-refractivity contribution in [3.63, 3.8) is 0 Å². The molecule has 26 heavy (non-hydrogen) atoms. The molecule has 0 spiro atoms. The van der Waals surface area contributed by atoms with Crippen LogP contribution >= 0.6 is 0 Å². The number of carbonyl (C=O) groups excluding carboxylic acids is 2. The average Bonchev–Trinajstić information content (AvgIpc) is 2.98. The van der Waals surface area contributed by atoms with Crippen molar-refractivity contribution in [1.29, 1.82) is 0 Å². The van der Waals surface area contributed by atoms with Gasteiger partial charge in [-0.05, 0) is 31.6 Å². The fourth-order valence-corrected chi connectivity index (χ4v) is 4.23. The van der Waals surface area contributed by atoms with E-state index in [4.69, 9.17) is 10.5 Å². The maximum Gasteiger partial charge on any atom is 0.239 e. The first-order valence-electron chi connectivity index (χ1n) is 10.3. The maximum atomic E-state index is 12.7. The summed E-state index contributed by atoms with van der Waals surface area (Å²) in [4.78, 5) is 31.3. The van der Waals surface area contributed by atoms with E-state index < -0.39 is 6.04 Å². The molecule has 3 saturated heterocycles. The number of carbonyl (C=O) groups is 2. The van der Waals surface area contributed by atoms with Crippen LogP contribution in [-0.2, 0) is 14.3 Å². The molecule has 0 aromatic rings. The zero-order valence-electron chi connectivity index (χ0n) is 15.9. The third-order valence-electron chi connectivity index (χ3n) is 6.06. The average molecular weight is 367 g/mol.